The van der Waals surface area contributed by atoms with Gasteiger partial charge in [-0.15, -0.1) is 0 Å². The van der Waals surface area contributed by atoms with Crippen molar-refractivity contribution in [1.82, 2.24) is 9.97 Å². The summed E-state index contributed by atoms with van der Waals surface area (Å²) < 4.78 is 0. The first-order valence-electron chi connectivity index (χ1n) is 18.5. The van der Waals surface area contributed by atoms with Crippen LogP contribution < -0.4 is 0 Å². The molecule has 0 aliphatic rings. The van der Waals surface area contributed by atoms with Crippen LogP contribution >= 0.6 is 0 Å². The molecule has 0 bridgehead atoms. The monoisotopic (exact) mass is 684 g/mol. The molecule has 11 rings (SSSR count). The largest absolute Gasteiger partial charge is 0.248 e. The predicted octanol–water partition coefficient (Wildman–Crippen LogP) is 14.1. The normalized spacial score (nSPS) is 11.7. The van der Waals surface area contributed by atoms with E-state index in [1.807, 2.05) is 0 Å². The van der Waals surface area contributed by atoms with E-state index in [4.69, 9.17) is 9.97 Å². The first-order chi connectivity index (χ1) is 26.7. The van der Waals surface area contributed by atoms with E-state index in [1.54, 1.807) is 0 Å². The Labute approximate surface area is 312 Å². The van der Waals surface area contributed by atoms with E-state index in [0.717, 1.165) is 50.4 Å². The van der Waals surface area contributed by atoms with Crippen LogP contribution in [0.3, 0.4) is 0 Å². The van der Waals surface area contributed by atoms with Crippen molar-refractivity contribution < 1.29 is 0 Å². The Morgan fingerprint density at radius 2 is 0.759 bits per heavy atom. The fourth-order valence-corrected chi connectivity index (χ4v) is 8.37. The van der Waals surface area contributed by atoms with Crippen molar-refractivity contribution in [2.45, 2.75) is 0 Å². The van der Waals surface area contributed by atoms with E-state index in [-0.39, 0.29) is 0 Å². The van der Waals surface area contributed by atoms with Gasteiger partial charge in [0.2, 0.25) is 0 Å². The molecule has 250 valence electrons. The van der Waals surface area contributed by atoms with Crippen molar-refractivity contribution in [2.24, 2.45) is 0 Å². The van der Waals surface area contributed by atoms with Gasteiger partial charge in [-0.3, -0.25) is 0 Å². The zero-order chi connectivity index (χ0) is 35.6. The quantitative estimate of drug-likeness (QED) is 0.172. The van der Waals surface area contributed by atoms with E-state index in [2.05, 4.69) is 194 Å². The van der Waals surface area contributed by atoms with Gasteiger partial charge in [-0.2, -0.15) is 0 Å². The molecule has 54 heavy (non-hydrogen) atoms. The fourth-order valence-electron chi connectivity index (χ4n) is 8.37. The van der Waals surface area contributed by atoms with Crippen LogP contribution in [0.4, 0.5) is 0 Å². The molecule has 0 spiro atoms. The van der Waals surface area contributed by atoms with Crippen LogP contribution in [-0.2, 0) is 0 Å². The molecule has 2 nitrogen and oxygen atoms in total. The number of nitrogens with zero attached hydrogens (tertiary/aromatic N) is 2. The molecular weight excluding hydrogens is 653 g/mol. The molecule has 0 radical (unpaired) electrons. The maximum absolute atomic E-state index is 5.44. The predicted molar refractivity (Wildman–Crippen MR) is 229 cm³/mol. The van der Waals surface area contributed by atoms with Crippen molar-refractivity contribution in [1.29, 1.82) is 0 Å². The summed E-state index contributed by atoms with van der Waals surface area (Å²) in [5.41, 5.74) is 9.37. The van der Waals surface area contributed by atoms with Gasteiger partial charge in [0.25, 0.3) is 0 Å². The number of para-hydroxylation sites is 1. The highest BCUT2D eigenvalue weighted by molar-refractivity contribution is 6.33. The summed E-state index contributed by atoms with van der Waals surface area (Å²) >= 11 is 0. The molecule has 0 saturated heterocycles. The summed E-state index contributed by atoms with van der Waals surface area (Å²) in [4.78, 5) is 10.8. The lowest BCUT2D eigenvalue weighted by molar-refractivity contribution is 1.33. The van der Waals surface area contributed by atoms with E-state index < -0.39 is 0 Å². The zero-order valence-corrected chi connectivity index (χ0v) is 29.4. The van der Waals surface area contributed by atoms with Crippen LogP contribution in [0, 0.1) is 0 Å². The van der Waals surface area contributed by atoms with Crippen LogP contribution in [0.5, 0.6) is 0 Å². The van der Waals surface area contributed by atoms with Gasteiger partial charge in [0, 0.05) is 32.8 Å². The molecule has 2 aromatic heterocycles. The smallest absolute Gasteiger partial charge is 0.0794 e. The summed E-state index contributed by atoms with van der Waals surface area (Å²) in [5, 5.41) is 13.4. The van der Waals surface area contributed by atoms with Gasteiger partial charge in [0.15, 0.2) is 0 Å². The van der Waals surface area contributed by atoms with E-state index in [0.29, 0.717) is 0 Å². The first-order valence-corrected chi connectivity index (χ1v) is 18.5. The molecule has 0 aliphatic heterocycles. The van der Waals surface area contributed by atoms with Gasteiger partial charge < -0.3 is 0 Å². The van der Waals surface area contributed by atoms with E-state index in [9.17, 15) is 0 Å². The Bertz CT molecular complexity index is 3190. The van der Waals surface area contributed by atoms with Crippen LogP contribution in [0.25, 0.3) is 110 Å². The van der Waals surface area contributed by atoms with E-state index >= 15 is 0 Å². The minimum absolute atomic E-state index is 0.943. The lowest BCUT2D eigenvalue weighted by Crippen LogP contribution is -1.94. The number of benzene rings is 9. The number of hydrogen-bond donors (Lipinski definition) is 0. The third-order valence-corrected chi connectivity index (χ3v) is 11.0. The Balaban J connectivity index is 1.16. The highest BCUT2D eigenvalue weighted by Crippen LogP contribution is 2.43. The van der Waals surface area contributed by atoms with Gasteiger partial charge in [0.05, 0.1) is 22.6 Å². The molecule has 0 aliphatic carbocycles. The Morgan fingerprint density at radius 1 is 0.259 bits per heavy atom. The summed E-state index contributed by atoms with van der Waals surface area (Å²) in [6.45, 7) is 0. The molecule has 0 N–H and O–H groups in total. The molecule has 9 aromatic carbocycles. The van der Waals surface area contributed by atoms with Gasteiger partial charge in [-0.05, 0) is 90.6 Å². The summed E-state index contributed by atoms with van der Waals surface area (Å²) in [7, 11) is 0. The Morgan fingerprint density at radius 3 is 1.39 bits per heavy atom. The molecule has 0 amide bonds. The molecule has 0 unspecified atom stereocenters. The standard InChI is InChI=1S/C52H32N2/c1-3-14-35-28-38(26-24-33(35)12-1)48-31-41(32-49(53-48)39-27-25-34-13-2-4-15-36(34)29-39)37-16-11-17-40(30-37)52-51-45-21-8-6-19-43(45)42-18-5-7-20-44(42)50(51)46-22-9-10-23-47(46)54-52/h1-32H. The van der Waals surface area contributed by atoms with Gasteiger partial charge in [-0.1, -0.05) is 158 Å². The third-order valence-electron chi connectivity index (χ3n) is 11.0. The third kappa shape index (κ3) is 4.96. The number of hydrogen-bond acceptors (Lipinski definition) is 2. The molecule has 2 heteroatoms. The van der Waals surface area contributed by atoms with Crippen molar-refractivity contribution in [2.75, 3.05) is 0 Å². The van der Waals surface area contributed by atoms with Crippen molar-refractivity contribution in [3.63, 3.8) is 0 Å². The lowest BCUT2D eigenvalue weighted by Gasteiger charge is -2.17. The number of rotatable bonds is 4. The maximum Gasteiger partial charge on any atom is 0.0794 e. The Kier molecular flexibility index (Phi) is 6.90. The zero-order valence-electron chi connectivity index (χ0n) is 29.4. The van der Waals surface area contributed by atoms with Crippen molar-refractivity contribution in [3.05, 3.63) is 194 Å². The highest BCUT2D eigenvalue weighted by Gasteiger charge is 2.18. The van der Waals surface area contributed by atoms with Gasteiger partial charge in [0.1, 0.15) is 0 Å². The molecule has 0 atom stereocenters. The van der Waals surface area contributed by atoms with Crippen LogP contribution in [-0.4, -0.2) is 9.97 Å². The van der Waals surface area contributed by atoms with Crippen molar-refractivity contribution >= 4 is 64.8 Å². The van der Waals surface area contributed by atoms with Crippen LogP contribution in [0.2, 0.25) is 0 Å². The summed E-state index contributed by atoms with van der Waals surface area (Å²) in [5.74, 6) is 0. The van der Waals surface area contributed by atoms with Crippen molar-refractivity contribution in [3.8, 4) is 44.9 Å². The first kappa shape index (κ1) is 30.5. The van der Waals surface area contributed by atoms with Gasteiger partial charge in [-0.25, -0.2) is 9.97 Å². The average Bonchev–Trinajstić information content (AvgIpc) is 3.25. The molecule has 0 fully saturated rings. The lowest BCUT2D eigenvalue weighted by atomic mass is 9.89. The fraction of sp³-hybridized carbons (Fsp3) is 0. The van der Waals surface area contributed by atoms with Crippen LogP contribution in [0.1, 0.15) is 0 Å². The Hall–Kier alpha value is -7.16. The minimum atomic E-state index is 0.943. The maximum atomic E-state index is 5.44. The summed E-state index contributed by atoms with van der Waals surface area (Å²) in [6, 6.07) is 69.8. The van der Waals surface area contributed by atoms with Gasteiger partial charge >= 0.3 is 0 Å². The second-order valence-corrected chi connectivity index (χ2v) is 14.1. The molecular formula is C52H32N2. The minimum Gasteiger partial charge on any atom is -0.248 e. The molecule has 0 saturated carbocycles. The molecule has 11 aromatic rings. The second kappa shape index (κ2) is 12.2. The van der Waals surface area contributed by atoms with E-state index in [1.165, 1.54) is 59.2 Å². The number of fused-ring (bicyclic) bond motifs is 10. The highest BCUT2D eigenvalue weighted by atomic mass is 14.7. The number of pyridine rings is 2. The average molecular weight is 685 g/mol. The molecule has 2 heterocycles. The second-order valence-electron chi connectivity index (χ2n) is 14.1. The summed E-state index contributed by atoms with van der Waals surface area (Å²) in [6.07, 6.45) is 0. The SMILES string of the molecule is c1cc(-c2cc(-c3ccc4ccccc4c3)nc(-c3ccc4ccccc4c3)c2)cc(-c2nc3ccccc3c3c4ccccc4c4ccccc4c23)c1. The van der Waals surface area contributed by atoms with Crippen LogP contribution in [0.15, 0.2) is 194 Å². The number of aromatic nitrogens is 2. The topological polar surface area (TPSA) is 25.8 Å².